The van der Waals surface area contributed by atoms with E-state index in [4.69, 9.17) is 4.84 Å². The number of anilines is 2. The number of carbonyl (C=O) groups excluding carboxylic acids is 2. The van der Waals surface area contributed by atoms with Crippen LogP contribution in [-0.4, -0.2) is 22.8 Å². The zero-order valence-corrected chi connectivity index (χ0v) is 17.1. The minimum absolute atomic E-state index is 0.0916. The number of fused-ring (bicyclic) bond motifs is 1. The molecule has 3 aromatic rings. The molecule has 2 saturated heterocycles. The lowest BCUT2D eigenvalue weighted by Crippen LogP contribution is -2.37. The highest BCUT2D eigenvalue weighted by Crippen LogP contribution is 2.47. The molecule has 2 amide bonds. The number of nitrogens with zero attached hydrogens (tertiary/aromatic N) is 3. The number of non-ortho nitro benzene ring substituents is 1. The summed E-state index contributed by atoms with van der Waals surface area (Å²) in [6.07, 6.45) is -1.02. The van der Waals surface area contributed by atoms with Crippen molar-refractivity contribution in [3.63, 3.8) is 0 Å². The average Bonchev–Trinajstić information content (AvgIpc) is 3.31. The second-order valence-electron chi connectivity index (χ2n) is 7.86. The lowest BCUT2D eigenvalue weighted by atomic mass is 9.90. The Hall–Kier alpha value is -4.04. The SMILES string of the molecule is Cc1ccc(N2C(=O)C3ON(c4ccccc4)C(c4cccc([N+](=O)[O-])c4)C3C2=O)cc1. The van der Waals surface area contributed by atoms with Gasteiger partial charge in [-0.3, -0.25) is 24.5 Å². The van der Waals surface area contributed by atoms with E-state index in [1.807, 2.05) is 37.3 Å². The molecule has 0 aromatic heterocycles. The first-order chi connectivity index (χ1) is 15.5. The molecular formula is C24H19N3O5. The lowest BCUT2D eigenvalue weighted by Gasteiger charge is -2.28. The maximum Gasteiger partial charge on any atom is 0.269 e. The summed E-state index contributed by atoms with van der Waals surface area (Å²) in [6, 6.07) is 21.6. The summed E-state index contributed by atoms with van der Waals surface area (Å²) < 4.78 is 0. The van der Waals surface area contributed by atoms with E-state index in [9.17, 15) is 19.7 Å². The van der Waals surface area contributed by atoms with E-state index < -0.39 is 34.8 Å². The normalized spacial score (nSPS) is 22.3. The summed E-state index contributed by atoms with van der Waals surface area (Å²) in [6.45, 7) is 1.92. The van der Waals surface area contributed by atoms with E-state index in [-0.39, 0.29) is 5.69 Å². The molecule has 8 heteroatoms. The number of hydrogen-bond donors (Lipinski definition) is 0. The number of benzene rings is 3. The molecule has 8 nitrogen and oxygen atoms in total. The molecule has 160 valence electrons. The standard InChI is InChI=1S/C24H19N3O5/c1-15-10-12-17(13-11-15)25-23(28)20-21(16-6-5-9-19(14-16)27(30)31)26(32-22(20)24(25)29)18-7-3-2-4-8-18/h2-14,20-22H,1H3. The Kier molecular flexibility index (Phi) is 4.71. The molecule has 0 spiro atoms. The van der Waals surface area contributed by atoms with Crippen LogP contribution in [0.15, 0.2) is 78.9 Å². The molecule has 0 bridgehead atoms. The van der Waals surface area contributed by atoms with Crippen molar-refractivity contribution in [1.29, 1.82) is 0 Å². The summed E-state index contributed by atoms with van der Waals surface area (Å²) in [5, 5.41) is 12.9. The third-order valence-corrected chi connectivity index (χ3v) is 5.84. The van der Waals surface area contributed by atoms with Crippen molar-refractivity contribution in [3.8, 4) is 0 Å². The number of rotatable bonds is 4. The maximum absolute atomic E-state index is 13.5. The average molecular weight is 429 g/mol. The first-order valence-electron chi connectivity index (χ1n) is 10.2. The predicted molar refractivity (Wildman–Crippen MR) is 117 cm³/mol. The van der Waals surface area contributed by atoms with Crippen molar-refractivity contribution in [2.24, 2.45) is 5.92 Å². The Bertz CT molecular complexity index is 1210. The van der Waals surface area contributed by atoms with E-state index in [0.717, 1.165) is 10.5 Å². The fraction of sp³-hybridized carbons (Fsp3) is 0.167. The fourth-order valence-corrected chi connectivity index (χ4v) is 4.32. The molecule has 0 aliphatic carbocycles. The third-order valence-electron chi connectivity index (χ3n) is 5.84. The van der Waals surface area contributed by atoms with E-state index in [2.05, 4.69) is 0 Å². The van der Waals surface area contributed by atoms with E-state index >= 15 is 0 Å². The molecule has 3 aromatic carbocycles. The van der Waals surface area contributed by atoms with Gasteiger partial charge in [0.1, 0.15) is 5.92 Å². The van der Waals surface area contributed by atoms with Crippen LogP contribution >= 0.6 is 0 Å². The first-order valence-corrected chi connectivity index (χ1v) is 10.2. The van der Waals surface area contributed by atoms with Gasteiger partial charge in [-0.2, -0.15) is 0 Å². The largest absolute Gasteiger partial charge is 0.273 e. The number of hydrogen-bond acceptors (Lipinski definition) is 6. The van der Waals surface area contributed by atoms with Gasteiger partial charge in [0.25, 0.3) is 11.6 Å². The van der Waals surface area contributed by atoms with Crippen LogP contribution in [0, 0.1) is 23.0 Å². The first kappa shape index (κ1) is 19.9. The molecule has 2 aliphatic heterocycles. The monoisotopic (exact) mass is 429 g/mol. The van der Waals surface area contributed by atoms with Crippen LogP contribution < -0.4 is 9.96 Å². The number of nitro groups is 1. The quantitative estimate of drug-likeness (QED) is 0.354. The highest BCUT2D eigenvalue weighted by atomic mass is 16.7. The van der Waals surface area contributed by atoms with Crippen molar-refractivity contribution in [2.75, 3.05) is 9.96 Å². The van der Waals surface area contributed by atoms with Gasteiger partial charge in [0.2, 0.25) is 5.91 Å². The zero-order chi connectivity index (χ0) is 22.4. The number of hydroxylamine groups is 1. The number of carbonyl (C=O) groups is 2. The molecule has 5 rings (SSSR count). The van der Waals surface area contributed by atoms with E-state index in [1.165, 1.54) is 17.2 Å². The Morgan fingerprint density at radius 2 is 1.59 bits per heavy atom. The number of nitro benzene ring substituents is 1. The molecular weight excluding hydrogens is 410 g/mol. The molecule has 0 saturated carbocycles. The highest BCUT2D eigenvalue weighted by Gasteiger charge is 2.60. The van der Waals surface area contributed by atoms with E-state index in [0.29, 0.717) is 16.9 Å². The second kappa shape index (κ2) is 7.58. The van der Waals surface area contributed by atoms with Gasteiger partial charge in [0, 0.05) is 12.1 Å². The van der Waals surface area contributed by atoms with Crippen LogP contribution in [0.4, 0.5) is 17.1 Å². The Labute approximate surface area is 183 Å². The summed E-state index contributed by atoms with van der Waals surface area (Å²) in [5.74, 6) is -1.68. The van der Waals surface area contributed by atoms with Crippen molar-refractivity contribution in [3.05, 3.63) is 100 Å². The highest BCUT2D eigenvalue weighted by molar-refractivity contribution is 6.23. The van der Waals surface area contributed by atoms with Gasteiger partial charge in [-0.15, -0.1) is 0 Å². The van der Waals surface area contributed by atoms with Gasteiger partial charge in [0.05, 0.1) is 22.3 Å². The van der Waals surface area contributed by atoms with Crippen LogP contribution in [0.2, 0.25) is 0 Å². The summed E-state index contributed by atoms with van der Waals surface area (Å²) >= 11 is 0. The molecule has 3 atom stereocenters. The fourth-order valence-electron chi connectivity index (χ4n) is 4.32. The predicted octanol–water partition coefficient (Wildman–Crippen LogP) is 3.95. The van der Waals surface area contributed by atoms with Gasteiger partial charge < -0.3 is 0 Å². The van der Waals surface area contributed by atoms with Crippen LogP contribution in [0.25, 0.3) is 0 Å². The summed E-state index contributed by atoms with van der Waals surface area (Å²) in [4.78, 5) is 44.9. The minimum Gasteiger partial charge on any atom is -0.273 e. The Balaban J connectivity index is 1.60. The molecule has 3 unspecified atom stereocenters. The Morgan fingerprint density at radius 1 is 0.875 bits per heavy atom. The van der Waals surface area contributed by atoms with Crippen molar-refractivity contribution >= 4 is 28.9 Å². The second-order valence-corrected chi connectivity index (χ2v) is 7.86. The Morgan fingerprint density at radius 3 is 2.28 bits per heavy atom. The minimum atomic E-state index is -1.02. The number of para-hydroxylation sites is 1. The summed E-state index contributed by atoms with van der Waals surface area (Å²) in [5.41, 5.74) is 2.58. The molecule has 0 N–H and O–H groups in total. The number of amides is 2. The zero-order valence-electron chi connectivity index (χ0n) is 17.1. The topological polar surface area (TPSA) is 93.0 Å². The van der Waals surface area contributed by atoms with Crippen LogP contribution in [0.1, 0.15) is 17.2 Å². The third kappa shape index (κ3) is 3.12. The molecule has 0 radical (unpaired) electrons. The van der Waals surface area contributed by atoms with Crippen LogP contribution in [0.5, 0.6) is 0 Å². The molecule has 2 heterocycles. The molecule has 32 heavy (non-hydrogen) atoms. The maximum atomic E-state index is 13.5. The van der Waals surface area contributed by atoms with Crippen molar-refractivity contribution in [2.45, 2.75) is 19.1 Å². The summed E-state index contributed by atoms with van der Waals surface area (Å²) in [7, 11) is 0. The van der Waals surface area contributed by atoms with Crippen LogP contribution in [0.3, 0.4) is 0 Å². The number of aryl methyl sites for hydroxylation is 1. The van der Waals surface area contributed by atoms with Crippen LogP contribution in [-0.2, 0) is 14.4 Å². The van der Waals surface area contributed by atoms with Gasteiger partial charge in [0.15, 0.2) is 6.10 Å². The van der Waals surface area contributed by atoms with Gasteiger partial charge in [-0.25, -0.2) is 9.96 Å². The number of imide groups is 1. The van der Waals surface area contributed by atoms with Crippen molar-refractivity contribution < 1.29 is 19.3 Å². The molecule has 2 fully saturated rings. The van der Waals surface area contributed by atoms with Gasteiger partial charge >= 0.3 is 0 Å². The lowest BCUT2D eigenvalue weighted by molar-refractivity contribution is -0.384. The molecule has 2 aliphatic rings. The van der Waals surface area contributed by atoms with Gasteiger partial charge in [-0.1, -0.05) is 48.0 Å². The van der Waals surface area contributed by atoms with Gasteiger partial charge in [-0.05, 0) is 36.8 Å². The van der Waals surface area contributed by atoms with Crippen molar-refractivity contribution in [1.82, 2.24) is 0 Å². The van der Waals surface area contributed by atoms with E-state index in [1.54, 1.807) is 36.4 Å². The smallest absolute Gasteiger partial charge is 0.269 e.